The molecule has 0 bridgehead atoms. The minimum absolute atomic E-state index is 0. The SMILES string of the molecule is [Be+2].[Be+2].[O-]c1ccccc1Sc1cccc(Sc2cccc(Sc3ccccc3[O-])c2[O-])c1[O-]. The van der Waals surface area contributed by atoms with Crippen molar-refractivity contribution in [3.8, 4) is 23.0 Å². The van der Waals surface area contributed by atoms with Gasteiger partial charge in [-0.25, -0.2) is 0 Å². The number of rotatable bonds is 6. The zero-order valence-electron chi connectivity index (χ0n) is 17.4. The van der Waals surface area contributed by atoms with Gasteiger partial charge in [-0.05, 0) is 36.4 Å². The number of hydrogen-bond donors (Lipinski definition) is 0. The Bertz CT molecular complexity index is 1140. The maximum Gasteiger partial charge on any atom is 2.00 e. The summed E-state index contributed by atoms with van der Waals surface area (Å²) in [5.74, 6) is -0.753. The molecule has 4 rings (SSSR count). The molecular formula is C24H14Be2O4S3. The van der Waals surface area contributed by atoms with E-state index in [2.05, 4.69) is 0 Å². The fraction of sp³-hybridized carbons (Fsp3) is 0. The molecule has 156 valence electrons. The normalized spacial score (nSPS) is 10.2. The molecule has 0 N–H and O–H groups in total. The van der Waals surface area contributed by atoms with Crippen LogP contribution in [0.5, 0.6) is 23.0 Å². The smallest absolute Gasteiger partial charge is 0.872 e. The van der Waals surface area contributed by atoms with E-state index in [-0.39, 0.29) is 43.2 Å². The third-order valence-electron chi connectivity index (χ3n) is 4.24. The van der Waals surface area contributed by atoms with E-state index in [4.69, 9.17) is 0 Å². The molecule has 4 nitrogen and oxygen atoms in total. The molecule has 0 atom stereocenters. The zero-order chi connectivity index (χ0) is 21.8. The van der Waals surface area contributed by atoms with Crippen molar-refractivity contribution in [3.05, 3.63) is 84.9 Å². The van der Waals surface area contributed by atoms with Gasteiger partial charge in [-0.2, -0.15) is 0 Å². The van der Waals surface area contributed by atoms with Crippen LogP contribution < -0.4 is 20.4 Å². The molecule has 33 heavy (non-hydrogen) atoms. The Hall–Kier alpha value is -2.53. The molecule has 0 aromatic heterocycles. The number of benzene rings is 4. The van der Waals surface area contributed by atoms with Crippen LogP contribution in [-0.4, -0.2) is 20.2 Å². The van der Waals surface area contributed by atoms with Crippen LogP contribution in [0, 0.1) is 0 Å². The molecular weight excluding hydrogens is 466 g/mol. The van der Waals surface area contributed by atoms with Gasteiger partial charge in [-0.1, -0.05) is 107 Å². The second-order valence-corrected chi connectivity index (χ2v) is 9.62. The molecule has 0 aliphatic carbocycles. The van der Waals surface area contributed by atoms with E-state index in [0.29, 0.717) is 29.4 Å². The quantitative estimate of drug-likeness (QED) is 0.389. The van der Waals surface area contributed by atoms with Gasteiger partial charge in [-0.3, -0.25) is 0 Å². The minimum atomic E-state index is -0.233. The first-order chi connectivity index (χ1) is 15.0. The van der Waals surface area contributed by atoms with Gasteiger partial charge in [0.1, 0.15) is 0 Å². The van der Waals surface area contributed by atoms with Crippen LogP contribution in [0.2, 0.25) is 0 Å². The van der Waals surface area contributed by atoms with Gasteiger partial charge in [-0.15, -0.1) is 0 Å². The summed E-state index contributed by atoms with van der Waals surface area (Å²) in [6, 6.07) is 23.2. The molecule has 0 saturated carbocycles. The third-order valence-corrected chi connectivity index (χ3v) is 7.52. The molecule has 0 aliphatic heterocycles. The maximum absolute atomic E-state index is 12.9. The van der Waals surface area contributed by atoms with Crippen molar-refractivity contribution in [1.82, 2.24) is 0 Å². The molecule has 4 aromatic carbocycles. The first-order valence-electron chi connectivity index (χ1n) is 9.18. The average Bonchev–Trinajstić information content (AvgIpc) is 2.76. The van der Waals surface area contributed by atoms with Crippen molar-refractivity contribution in [1.29, 1.82) is 0 Å². The van der Waals surface area contributed by atoms with Crippen molar-refractivity contribution in [2.75, 3.05) is 0 Å². The van der Waals surface area contributed by atoms with E-state index in [1.165, 1.54) is 12.1 Å². The zero-order valence-corrected chi connectivity index (χ0v) is 19.8. The summed E-state index contributed by atoms with van der Waals surface area (Å²) in [7, 11) is 0. The van der Waals surface area contributed by atoms with Gasteiger partial charge >= 0.3 is 20.2 Å². The number of para-hydroxylation sites is 4. The molecule has 0 fully saturated rings. The fourth-order valence-corrected chi connectivity index (χ4v) is 5.60. The predicted molar refractivity (Wildman–Crippen MR) is 127 cm³/mol. The number of hydrogen-bond acceptors (Lipinski definition) is 7. The Labute approximate surface area is 212 Å². The van der Waals surface area contributed by atoms with Gasteiger partial charge in [0.15, 0.2) is 0 Å². The molecule has 0 amide bonds. The monoisotopic (exact) mass is 480 g/mol. The van der Waals surface area contributed by atoms with Crippen molar-refractivity contribution >= 4 is 55.5 Å². The van der Waals surface area contributed by atoms with E-state index in [1.807, 2.05) is 0 Å². The van der Waals surface area contributed by atoms with Gasteiger partial charge in [0, 0.05) is 29.4 Å². The van der Waals surface area contributed by atoms with Gasteiger partial charge in [0.2, 0.25) is 0 Å². The van der Waals surface area contributed by atoms with Crippen LogP contribution in [0.1, 0.15) is 0 Å². The van der Waals surface area contributed by atoms with E-state index < -0.39 is 0 Å². The Morgan fingerprint density at radius 2 is 0.636 bits per heavy atom. The van der Waals surface area contributed by atoms with Crippen molar-refractivity contribution in [2.24, 2.45) is 0 Å². The second-order valence-electron chi connectivity index (χ2n) is 6.37. The molecule has 4 aromatic rings. The molecule has 0 aliphatic rings. The van der Waals surface area contributed by atoms with Gasteiger partial charge in [0.25, 0.3) is 0 Å². The third kappa shape index (κ3) is 6.29. The standard InChI is InChI=1S/C24H18O4S3.2Be/c25-15-7-1-3-9-17(15)29-19-11-5-13-21(23(19)27)31-22-14-6-12-20(24(22)28)30-18-10-4-2-8-16(18)26;;/h1-14,25-28H;;/q;2*+2/p-4. The molecule has 0 unspecified atom stereocenters. The summed E-state index contributed by atoms with van der Waals surface area (Å²) in [6.07, 6.45) is 0. The van der Waals surface area contributed by atoms with Crippen LogP contribution in [0.4, 0.5) is 0 Å². The summed E-state index contributed by atoms with van der Waals surface area (Å²) in [5.41, 5.74) is 0. The van der Waals surface area contributed by atoms with E-state index in [0.717, 1.165) is 35.3 Å². The summed E-state index contributed by atoms with van der Waals surface area (Å²) in [4.78, 5) is 2.59. The first kappa shape index (κ1) is 26.7. The van der Waals surface area contributed by atoms with Crippen molar-refractivity contribution < 1.29 is 20.4 Å². The molecule has 0 spiro atoms. The van der Waals surface area contributed by atoms with Crippen LogP contribution >= 0.6 is 35.3 Å². The van der Waals surface area contributed by atoms with Gasteiger partial charge < -0.3 is 20.4 Å². The molecule has 0 heterocycles. The second kappa shape index (κ2) is 12.1. The van der Waals surface area contributed by atoms with Crippen molar-refractivity contribution in [3.63, 3.8) is 0 Å². The van der Waals surface area contributed by atoms with Crippen LogP contribution in [0.15, 0.2) is 114 Å². The minimum Gasteiger partial charge on any atom is -0.872 e. The largest absolute Gasteiger partial charge is 2.00 e. The summed E-state index contributed by atoms with van der Waals surface area (Å²) < 4.78 is 0. The Morgan fingerprint density at radius 3 is 0.970 bits per heavy atom. The Kier molecular flexibility index (Phi) is 9.78. The summed E-state index contributed by atoms with van der Waals surface area (Å²) in [6.45, 7) is 0. The van der Waals surface area contributed by atoms with Crippen LogP contribution in [0.25, 0.3) is 0 Å². The van der Waals surface area contributed by atoms with E-state index >= 15 is 0 Å². The van der Waals surface area contributed by atoms with Crippen molar-refractivity contribution in [2.45, 2.75) is 29.4 Å². The predicted octanol–water partition coefficient (Wildman–Crippen LogP) is 3.67. The summed E-state index contributed by atoms with van der Waals surface area (Å²) in [5, 5.41) is 49.8. The van der Waals surface area contributed by atoms with E-state index in [1.54, 1.807) is 72.8 Å². The maximum atomic E-state index is 12.9. The Balaban J connectivity index is 0.00000193. The van der Waals surface area contributed by atoms with Gasteiger partial charge in [0.05, 0.1) is 0 Å². The molecule has 0 radical (unpaired) electrons. The topological polar surface area (TPSA) is 92.2 Å². The van der Waals surface area contributed by atoms with Crippen LogP contribution in [0.3, 0.4) is 0 Å². The molecule has 9 heteroatoms. The first-order valence-corrected chi connectivity index (χ1v) is 11.6. The summed E-state index contributed by atoms with van der Waals surface area (Å²) >= 11 is 3.33. The fourth-order valence-electron chi connectivity index (χ4n) is 2.74. The average molecular weight is 481 g/mol. The van der Waals surface area contributed by atoms with Crippen LogP contribution in [-0.2, 0) is 0 Å². The Morgan fingerprint density at radius 1 is 0.364 bits per heavy atom. The van der Waals surface area contributed by atoms with E-state index in [9.17, 15) is 20.4 Å². The molecule has 0 saturated heterocycles.